The summed E-state index contributed by atoms with van der Waals surface area (Å²) in [7, 11) is 0. The first-order valence-electron chi connectivity index (χ1n) is 36.4. The fraction of sp³-hybridized carbons (Fsp3) is 0.405. The number of nitrogens with zero attached hydrogens (tertiary/aromatic N) is 8. The summed E-state index contributed by atoms with van der Waals surface area (Å²) in [5, 5.41) is 1.33. The largest absolute Gasteiger partial charge is 0.338 e. The van der Waals surface area contributed by atoms with Crippen LogP contribution in [-0.2, 0) is 55.2 Å². The molecule has 4 aliphatic heterocycles. The second-order valence-corrected chi connectivity index (χ2v) is 30.8. The molecule has 0 spiro atoms. The number of allylic oxidation sites excluding steroid dienone is 8. The summed E-state index contributed by atoms with van der Waals surface area (Å²) >= 11 is 19.2. The lowest BCUT2D eigenvalue weighted by atomic mass is 9.94. The Morgan fingerprint density at radius 2 is 0.692 bits per heavy atom. The Bertz CT molecular complexity index is 4140. The maximum Gasteiger partial charge on any atom is 0.253 e. The lowest BCUT2D eigenvalue weighted by molar-refractivity contribution is -0.139. The zero-order valence-corrected chi connectivity index (χ0v) is 65.3. The zero-order chi connectivity index (χ0) is 74.3. The normalized spacial score (nSPS) is 19.4. The molecule has 5 aromatic carbocycles. The van der Waals surface area contributed by atoms with Gasteiger partial charge in [-0.05, 0) is 176 Å². The van der Waals surface area contributed by atoms with Crippen LogP contribution in [0.4, 0.5) is 0 Å². The quantitative estimate of drug-likeness (QED) is 0.0739. The molecule has 4 heterocycles. The van der Waals surface area contributed by atoms with Gasteiger partial charge < -0.3 is 39.2 Å². The summed E-state index contributed by atoms with van der Waals surface area (Å²) < 4.78 is 2.03. The molecule has 0 bridgehead atoms. The highest BCUT2D eigenvalue weighted by Crippen LogP contribution is 2.53. The van der Waals surface area contributed by atoms with Crippen LogP contribution < -0.4 is 0 Å². The summed E-state index contributed by atoms with van der Waals surface area (Å²) in [6, 6.07) is 40.8. The number of hydrogen-bond acceptors (Lipinski definition) is 8. The monoisotopic (exact) mass is 1570 g/mol. The van der Waals surface area contributed by atoms with Crippen LogP contribution in [0.25, 0.3) is 0 Å². The summed E-state index contributed by atoms with van der Waals surface area (Å²) in [6.07, 6.45) is 23.9. The van der Waals surface area contributed by atoms with Gasteiger partial charge in [0.15, 0.2) is 0 Å². The van der Waals surface area contributed by atoms with Crippen LogP contribution in [0.5, 0.6) is 0 Å². The molecule has 0 N–H and O–H groups in total. The van der Waals surface area contributed by atoms with Gasteiger partial charge in [0, 0.05) is 146 Å². The van der Waals surface area contributed by atoms with E-state index in [0.29, 0.717) is 126 Å². The highest BCUT2D eigenvalue weighted by atomic mass is 79.9. The van der Waals surface area contributed by atoms with Crippen LogP contribution in [-0.4, -0.2) is 191 Å². The fourth-order valence-corrected chi connectivity index (χ4v) is 15.4. The predicted molar refractivity (Wildman–Crippen MR) is 419 cm³/mol. The van der Waals surface area contributed by atoms with Gasteiger partial charge in [0.05, 0.1) is 21.7 Å². The van der Waals surface area contributed by atoms with Crippen molar-refractivity contribution in [2.45, 2.75) is 115 Å². The Hall–Kier alpha value is -8.16. The standard InChI is InChI=1S/C21H21BrN2O2.C21H25BrN2O2.2C21H25ClN2O2/c22-18-8-4-7-17(15-18)21(9-10-21)20(26)24-13-11-23(12-14-24)19(25)16-5-2-1-3-6-16;1-3-4-5-16(2)19(25)23-12-14-24(15-13-23)20(26)21(10-11-21)17-6-8-18(22)9-7-17;1-3-4-6-16(2)19(25)23-11-13-24(14-12-23)20(26)21(9-10-21)17-7-5-8-18(22)15-17;1-3-6-16(4-2)19(25)23-11-13-24(14-12-23)20(26)21(9-10-21)17-7-5-8-18(22)15-17/h1-8,15H,9-14H2;3-9H,10-15H2,1-2H3;2*3-8,15H,9-14H2,1-2H3/b;4-3-,16-5+;4-3-,16-6+;6-3-,16-4+. The van der Waals surface area contributed by atoms with Crippen molar-refractivity contribution in [3.8, 4) is 0 Å². The maximum atomic E-state index is 13.1. The van der Waals surface area contributed by atoms with Gasteiger partial charge in [-0.3, -0.25) is 38.4 Å². The van der Waals surface area contributed by atoms with Crippen molar-refractivity contribution in [1.29, 1.82) is 0 Å². The van der Waals surface area contributed by atoms with Gasteiger partial charge in [-0.25, -0.2) is 0 Å². The van der Waals surface area contributed by atoms with Crippen molar-refractivity contribution in [3.63, 3.8) is 0 Å². The zero-order valence-electron chi connectivity index (χ0n) is 60.6. The van der Waals surface area contributed by atoms with Crippen LogP contribution in [0.3, 0.4) is 0 Å². The van der Waals surface area contributed by atoms with Crippen molar-refractivity contribution in [1.82, 2.24) is 39.2 Å². The number of benzene rings is 5. The molecule has 548 valence electrons. The van der Waals surface area contributed by atoms with E-state index in [9.17, 15) is 38.4 Å². The molecule has 4 saturated heterocycles. The lowest BCUT2D eigenvalue weighted by Crippen LogP contribution is -2.53. The lowest BCUT2D eigenvalue weighted by Gasteiger charge is -2.37. The van der Waals surface area contributed by atoms with E-state index in [-0.39, 0.29) is 58.1 Å². The molecule has 16 nitrogen and oxygen atoms in total. The third kappa shape index (κ3) is 18.5. The molecule has 104 heavy (non-hydrogen) atoms. The highest BCUT2D eigenvalue weighted by molar-refractivity contribution is 9.10. The Balaban J connectivity index is 0.000000149. The predicted octanol–water partition coefficient (Wildman–Crippen LogP) is 14.3. The average Bonchev–Trinajstić information content (AvgIpc) is 1.62. The van der Waals surface area contributed by atoms with Crippen molar-refractivity contribution in [2.75, 3.05) is 105 Å². The van der Waals surface area contributed by atoms with E-state index >= 15 is 0 Å². The van der Waals surface area contributed by atoms with Gasteiger partial charge in [0.25, 0.3) is 11.8 Å². The van der Waals surface area contributed by atoms with Crippen LogP contribution in [0.1, 0.15) is 126 Å². The Morgan fingerprint density at radius 1 is 0.356 bits per heavy atom. The van der Waals surface area contributed by atoms with E-state index in [1.54, 1.807) is 0 Å². The molecule has 0 radical (unpaired) electrons. The molecule has 5 aromatic rings. The smallest absolute Gasteiger partial charge is 0.253 e. The number of hydrogen-bond donors (Lipinski definition) is 0. The minimum atomic E-state index is -0.406. The van der Waals surface area contributed by atoms with E-state index in [0.717, 1.165) is 93.7 Å². The molecular weight excluding hydrogens is 1480 g/mol. The maximum absolute atomic E-state index is 13.1. The van der Waals surface area contributed by atoms with Gasteiger partial charge in [-0.2, -0.15) is 0 Å². The first kappa shape index (κ1) is 78.4. The molecule has 4 saturated carbocycles. The first-order valence-corrected chi connectivity index (χ1v) is 38.7. The highest BCUT2D eigenvalue weighted by Gasteiger charge is 2.56. The van der Waals surface area contributed by atoms with E-state index < -0.39 is 10.8 Å². The van der Waals surface area contributed by atoms with Gasteiger partial charge in [0.2, 0.25) is 35.4 Å². The number of piperazine rings is 4. The SMILES string of the molecule is C/C=C\C(=C/C)C(=O)N1CCN(C(=O)C2(c3cccc(Cl)c3)CC2)CC1.C/C=C\C=C(/C)C(=O)N1CCN(C(=O)C2(c3ccc(Br)cc3)CC2)CC1.C/C=C\C=C(/C)C(=O)N1CCN(C(=O)C2(c3cccc(Cl)c3)CC2)CC1.O=C(c1ccccc1)N1CCN(C(=O)C2(c3cccc(Br)c3)CC2)CC1. The van der Waals surface area contributed by atoms with Gasteiger partial charge in [-0.15, -0.1) is 0 Å². The molecule has 8 aliphatic rings. The molecule has 20 heteroatoms. The van der Waals surface area contributed by atoms with Crippen LogP contribution >= 0.6 is 55.1 Å². The molecule has 13 rings (SSSR count). The molecule has 0 unspecified atom stereocenters. The number of carbonyl (C=O) groups is 8. The molecule has 0 aromatic heterocycles. The third-order valence-corrected chi connectivity index (χ3v) is 22.8. The summed E-state index contributed by atoms with van der Waals surface area (Å²) in [4.78, 5) is 118. The van der Waals surface area contributed by atoms with Crippen LogP contribution in [0.2, 0.25) is 10.0 Å². The number of rotatable bonds is 15. The van der Waals surface area contributed by atoms with Crippen molar-refractivity contribution in [2.24, 2.45) is 0 Å². The Morgan fingerprint density at radius 3 is 1.03 bits per heavy atom. The van der Waals surface area contributed by atoms with Crippen molar-refractivity contribution in [3.05, 3.63) is 246 Å². The minimum absolute atomic E-state index is 0.0358. The summed E-state index contributed by atoms with van der Waals surface area (Å²) in [5.41, 5.74) is 5.59. The molecular formula is C84H96Br2Cl2N8O8. The van der Waals surface area contributed by atoms with Crippen LogP contribution in [0, 0.1) is 0 Å². The number of carbonyl (C=O) groups excluding carboxylic acids is 8. The summed E-state index contributed by atoms with van der Waals surface area (Å²) in [6.45, 7) is 20.8. The Kier molecular flexibility index (Phi) is 26.6. The van der Waals surface area contributed by atoms with Crippen molar-refractivity contribution < 1.29 is 38.4 Å². The minimum Gasteiger partial charge on any atom is -0.338 e. The number of amides is 8. The van der Waals surface area contributed by atoms with E-state index in [2.05, 4.69) is 37.9 Å². The topological polar surface area (TPSA) is 162 Å². The number of halogens is 4. The molecule has 0 atom stereocenters. The average molecular weight is 1580 g/mol. The summed E-state index contributed by atoms with van der Waals surface area (Å²) in [5.74, 6) is 0.963. The Labute approximate surface area is 640 Å². The van der Waals surface area contributed by atoms with Gasteiger partial charge in [0.1, 0.15) is 0 Å². The molecule has 4 aliphatic carbocycles. The van der Waals surface area contributed by atoms with E-state index in [1.807, 2.05) is 257 Å². The second-order valence-electron chi connectivity index (χ2n) is 28.1. The van der Waals surface area contributed by atoms with Crippen molar-refractivity contribution >= 4 is 102 Å². The van der Waals surface area contributed by atoms with Crippen LogP contribution in [0.15, 0.2) is 208 Å². The fourth-order valence-electron chi connectivity index (χ4n) is 14.3. The van der Waals surface area contributed by atoms with E-state index in [4.69, 9.17) is 23.2 Å². The molecule has 8 amide bonds. The first-order chi connectivity index (χ1) is 50.1. The molecule has 8 fully saturated rings. The van der Waals surface area contributed by atoms with Gasteiger partial charge >= 0.3 is 0 Å². The third-order valence-electron chi connectivity index (χ3n) is 21.3. The van der Waals surface area contributed by atoms with E-state index in [1.165, 1.54) is 0 Å². The second kappa shape index (κ2) is 35.3. The van der Waals surface area contributed by atoms with Gasteiger partial charge in [-0.1, -0.05) is 176 Å².